The van der Waals surface area contributed by atoms with Gasteiger partial charge in [-0.3, -0.25) is 0 Å². The molecule has 6 nitrogen and oxygen atoms in total. The molecule has 0 aliphatic heterocycles. The van der Waals surface area contributed by atoms with Crippen molar-refractivity contribution < 1.29 is 18.8 Å². The molecule has 7 heteroatoms. The van der Waals surface area contributed by atoms with Crippen LogP contribution in [0.4, 0.5) is 0 Å². The van der Waals surface area contributed by atoms with Gasteiger partial charge >= 0.3 is 5.97 Å². The van der Waals surface area contributed by atoms with Gasteiger partial charge < -0.3 is 14.0 Å². The van der Waals surface area contributed by atoms with Crippen LogP contribution < -0.4 is 0 Å². The summed E-state index contributed by atoms with van der Waals surface area (Å²) < 4.78 is 10.2. The number of carboxylic acid groups (broad SMARTS) is 1. The average molecular weight is 266 g/mol. The molecule has 2 aromatic rings. The Kier molecular flexibility index (Phi) is 2.83. The molecule has 0 spiro atoms. The predicted molar refractivity (Wildman–Crippen MR) is 61.5 cm³/mol. The number of rotatable bonds is 5. The maximum atomic E-state index is 10.6. The zero-order valence-electron chi connectivity index (χ0n) is 9.33. The van der Waals surface area contributed by atoms with Crippen LogP contribution in [0.25, 0.3) is 0 Å². The first-order valence-electron chi connectivity index (χ1n) is 5.51. The summed E-state index contributed by atoms with van der Waals surface area (Å²) in [4.78, 5) is 14.9. The van der Waals surface area contributed by atoms with Gasteiger partial charge in [0.15, 0.2) is 10.9 Å². The maximum absolute atomic E-state index is 10.6. The highest BCUT2D eigenvalue weighted by Gasteiger charge is 2.28. The molecule has 18 heavy (non-hydrogen) atoms. The van der Waals surface area contributed by atoms with E-state index >= 15 is 0 Å². The first-order valence-corrected chi connectivity index (χ1v) is 6.49. The molecule has 0 unspecified atom stereocenters. The second-order valence-electron chi connectivity index (χ2n) is 4.03. The Labute approximate surface area is 106 Å². The molecular formula is C11H10N2O4S. The molecule has 0 bridgehead atoms. The van der Waals surface area contributed by atoms with Crippen LogP contribution in [0.15, 0.2) is 26.2 Å². The Hall–Kier alpha value is -1.76. The van der Waals surface area contributed by atoms with E-state index in [9.17, 15) is 4.79 Å². The van der Waals surface area contributed by atoms with Crippen molar-refractivity contribution >= 4 is 17.7 Å². The molecule has 2 aromatic heterocycles. The predicted octanol–water partition coefficient (Wildman–Crippen LogP) is 2.53. The lowest BCUT2D eigenvalue weighted by Crippen LogP contribution is -1.91. The summed E-state index contributed by atoms with van der Waals surface area (Å²) in [6, 6.07) is 3.04. The van der Waals surface area contributed by atoms with Crippen LogP contribution in [0.2, 0.25) is 0 Å². The first kappa shape index (κ1) is 11.3. The van der Waals surface area contributed by atoms with E-state index in [0.717, 1.165) is 18.7 Å². The Morgan fingerprint density at radius 2 is 2.33 bits per heavy atom. The third kappa shape index (κ3) is 2.40. The third-order valence-electron chi connectivity index (χ3n) is 2.56. The highest BCUT2D eigenvalue weighted by Crippen LogP contribution is 2.38. The molecular weight excluding hydrogens is 256 g/mol. The molecule has 0 radical (unpaired) electrons. The van der Waals surface area contributed by atoms with Crippen LogP contribution in [0, 0.1) is 0 Å². The van der Waals surface area contributed by atoms with E-state index in [4.69, 9.17) is 14.0 Å². The zero-order chi connectivity index (χ0) is 12.5. The molecule has 0 amide bonds. The number of carboxylic acids is 1. The lowest BCUT2D eigenvalue weighted by atomic mass is 10.4. The van der Waals surface area contributed by atoms with Gasteiger partial charge in [0, 0.05) is 5.92 Å². The van der Waals surface area contributed by atoms with Crippen LogP contribution in [0.5, 0.6) is 0 Å². The van der Waals surface area contributed by atoms with Crippen molar-refractivity contribution in [1.29, 1.82) is 0 Å². The van der Waals surface area contributed by atoms with Gasteiger partial charge in [0.1, 0.15) is 0 Å². The Morgan fingerprint density at radius 3 is 3.00 bits per heavy atom. The number of furan rings is 1. The van der Waals surface area contributed by atoms with Crippen LogP contribution in [0.1, 0.15) is 41.0 Å². The summed E-state index contributed by atoms with van der Waals surface area (Å²) in [5.74, 6) is 1.12. The maximum Gasteiger partial charge on any atom is 0.371 e. The van der Waals surface area contributed by atoms with Crippen molar-refractivity contribution in [1.82, 2.24) is 10.1 Å². The zero-order valence-corrected chi connectivity index (χ0v) is 10.1. The highest BCUT2D eigenvalue weighted by molar-refractivity contribution is 7.98. The van der Waals surface area contributed by atoms with Crippen LogP contribution in [-0.2, 0) is 5.75 Å². The SMILES string of the molecule is O=C(O)c1ccc(SCc2nc(C3CC3)no2)o1. The standard InChI is InChI=1S/C11H10N2O4S/c14-11(15)7-3-4-9(16-7)18-5-8-12-10(13-17-8)6-1-2-6/h3-4,6H,1-2,5H2,(H,14,15). The van der Waals surface area contributed by atoms with Crippen LogP contribution in [-0.4, -0.2) is 21.2 Å². The van der Waals surface area contributed by atoms with E-state index in [-0.39, 0.29) is 5.76 Å². The average Bonchev–Trinajstić information content (AvgIpc) is 2.92. The van der Waals surface area contributed by atoms with E-state index in [1.807, 2.05) is 0 Å². The summed E-state index contributed by atoms with van der Waals surface area (Å²) >= 11 is 1.33. The van der Waals surface area contributed by atoms with E-state index in [1.54, 1.807) is 6.07 Å². The van der Waals surface area contributed by atoms with Gasteiger partial charge in [-0.25, -0.2) is 4.79 Å². The minimum atomic E-state index is -1.07. The lowest BCUT2D eigenvalue weighted by Gasteiger charge is -1.91. The smallest absolute Gasteiger partial charge is 0.371 e. The molecule has 3 rings (SSSR count). The number of thioether (sulfide) groups is 1. The quantitative estimate of drug-likeness (QED) is 0.831. The molecule has 1 saturated carbocycles. The summed E-state index contributed by atoms with van der Waals surface area (Å²) in [7, 11) is 0. The number of aromatic carboxylic acids is 1. The van der Waals surface area contributed by atoms with Gasteiger partial charge in [0.2, 0.25) is 11.7 Å². The van der Waals surface area contributed by atoms with E-state index < -0.39 is 5.97 Å². The second-order valence-corrected chi connectivity index (χ2v) is 5.01. The molecule has 1 aliphatic rings. The monoisotopic (exact) mass is 266 g/mol. The fourth-order valence-electron chi connectivity index (χ4n) is 1.48. The Bertz CT molecular complexity index is 573. The van der Waals surface area contributed by atoms with Gasteiger partial charge in [0.05, 0.1) is 5.75 Å². The van der Waals surface area contributed by atoms with Crippen molar-refractivity contribution in [3.63, 3.8) is 0 Å². The minimum absolute atomic E-state index is 0.0679. The fraction of sp³-hybridized carbons (Fsp3) is 0.364. The molecule has 0 atom stereocenters. The van der Waals surface area contributed by atoms with Crippen molar-refractivity contribution in [3.8, 4) is 0 Å². The lowest BCUT2D eigenvalue weighted by molar-refractivity contribution is 0.0656. The van der Waals surface area contributed by atoms with E-state index in [1.165, 1.54) is 17.8 Å². The van der Waals surface area contributed by atoms with Gasteiger partial charge in [-0.15, -0.1) is 0 Å². The summed E-state index contributed by atoms with van der Waals surface area (Å²) in [6.07, 6.45) is 2.26. The molecule has 94 valence electrons. The third-order valence-corrected chi connectivity index (χ3v) is 3.45. The second kappa shape index (κ2) is 4.49. The highest BCUT2D eigenvalue weighted by atomic mass is 32.2. The summed E-state index contributed by atoms with van der Waals surface area (Å²) in [5.41, 5.74) is 0. The van der Waals surface area contributed by atoms with E-state index in [2.05, 4.69) is 10.1 Å². The van der Waals surface area contributed by atoms with Gasteiger partial charge in [0.25, 0.3) is 0 Å². The molecule has 1 N–H and O–H groups in total. The van der Waals surface area contributed by atoms with E-state index in [0.29, 0.717) is 22.7 Å². The number of carbonyl (C=O) groups is 1. The largest absolute Gasteiger partial charge is 0.475 e. The van der Waals surface area contributed by atoms with Crippen molar-refractivity contribution in [2.24, 2.45) is 0 Å². The van der Waals surface area contributed by atoms with Crippen molar-refractivity contribution in [2.75, 3.05) is 0 Å². The van der Waals surface area contributed by atoms with Crippen LogP contribution in [0.3, 0.4) is 0 Å². The Balaban J connectivity index is 1.60. The molecule has 0 aromatic carbocycles. The number of aromatic nitrogens is 2. The molecule has 1 fully saturated rings. The number of hydrogen-bond donors (Lipinski definition) is 1. The minimum Gasteiger partial charge on any atom is -0.475 e. The van der Waals surface area contributed by atoms with Gasteiger partial charge in [-0.2, -0.15) is 4.98 Å². The molecule has 2 heterocycles. The fourth-order valence-corrected chi connectivity index (χ4v) is 2.18. The topological polar surface area (TPSA) is 89.4 Å². The summed E-state index contributed by atoms with van der Waals surface area (Å²) in [5, 5.41) is 13.1. The van der Waals surface area contributed by atoms with Crippen molar-refractivity contribution in [3.05, 3.63) is 29.6 Å². The van der Waals surface area contributed by atoms with Crippen molar-refractivity contribution in [2.45, 2.75) is 29.6 Å². The molecule has 1 aliphatic carbocycles. The normalized spacial score (nSPS) is 14.9. The van der Waals surface area contributed by atoms with Crippen LogP contribution >= 0.6 is 11.8 Å². The number of hydrogen-bond acceptors (Lipinski definition) is 6. The van der Waals surface area contributed by atoms with Gasteiger partial charge in [-0.1, -0.05) is 16.9 Å². The first-order chi connectivity index (χ1) is 8.72. The summed E-state index contributed by atoms with van der Waals surface area (Å²) in [6.45, 7) is 0. The number of nitrogens with zero attached hydrogens (tertiary/aromatic N) is 2. The Morgan fingerprint density at radius 1 is 1.50 bits per heavy atom. The van der Waals surface area contributed by atoms with Gasteiger partial charge in [-0.05, 0) is 25.0 Å². The molecule has 0 saturated heterocycles.